The third-order valence-electron chi connectivity index (χ3n) is 2.66. The molecular weight excluding hydrogens is 188 g/mol. The second-order valence-electron chi connectivity index (χ2n) is 3.85. The molecule has 3 nitrogen and oxygen atoms in total. The molecule has 2 aromatic rings. The van der Waals surface area contributed by atoms with Crippen molar-refractivity contribution >= 4 is 11.0 Å². The van der Waals surface area contributed by atoms with Gasteiger partial charge in [-0.15, -0.1) is 0 Å². The lowest BCUT2D eigenvalue weighted by Crippen LogP contribution is -1.93. The van der Waals surface area contributed by atoms with E-state index in [1.807, 2.05) is 12.1 Å². The zero-order valence-corrected chi connectivity index (χ0v) is 8.94. The second kappa shape index (κ2) is 4.43. The first-order chi connectivity index (χ1) is 7.31. The number of hydrogen-bond donors (Lipinski definition) is 0. The molecule has 1 unspecified atom stereocenters. The third-order valence-corrected chi connectivity index (χ3v) is 2.66. The van der Waals surface area contributed by atoms with Crippen LogP contribution in [0.15, 0.2) is 22.8 Å². The Bertz CT molecular complexity index is 436. The molecule has 1 radical (unpaired) electrons. The summed E-state index contributed by atoms with van der Waals surface area (Å²) in [5.74, 6) is 0.339. The Morgan fingerprint density at radius 2 is 2.13 bits per heavy atom. The highest BCUT2D eigenvalue weighted by Gasteiger charge is 2.07. The van der Waals surface area contributed by atoms with Crippen molar-refractivity contribution in [1.29, 1.82) is 0 Å². The van der Waals surface area contributed by atoms with Gasteiger partial charge in [-0.2, -0.15) is 0 Å². The van der Waals surface area contributed by atoms with Crippen LogP contribution < -0.4 is 0 Å². The van der Waals surface area contributed by atoms with Gasteiger partial charge in [-0.3, -0.25) is 0 Å². The van der Waals surface area contributed by atoms with Gasteiger partial charge in [0.05, 0.1) is 0 Å². The fourth-order valence-corrected chi connectivity index (χ4v) is 1.67. The van der Waals surface area contributed by atoms with Gasteiger partial charge in [0, 0.05) is 0 Å². The molecule has 0 amide bonds. The predicted octanol–water partition coefficient (Wildman–Crippen LogP) is 3.33. The van der Waals surface area contributed by atoms with Crippen molar-refractivity contribution in [2.24, 2.45) is 0 Å². The fourth-order valence-electron chi connectivity index (χ4n) is 1.67. The van der Waals surface area contributed by atoms with Gasteiger partial charge in [-0.05, 0) is 47.3 Å². The minimum Gasteiger partial charge on any atom is -0.243 e. The van der Waals surface area contributed by atoms with Gasteiger partial charge in [0.1, 0.15) is 11.0 Å². The highest BCUT2D eigenvalue weighted by molar-refractivity contribution is 5.73. The van der Waals surface area contributed by atoms with Crippen molar-refractivity contribution in [2.45, 2.75) is 32.1 Å². The zero-order valence-electron chi connectivity index (χ0n) is 8.94. The first-order valence-electron chi connectivity index (χ1n) is 5.36. The highest BCUT2D eigenvalue weighted by atomic mass is 16.6. The molecule has 15 heavy (non-hydrogen) atoms. The lowest BCUT2D eigenvalue weighted by molar-refractivity contribution is 0.315. The topological polar surface area (TPSA) is 38.9 Å². The van der Waals surface area contributed by atoms with E-state index in [0.717, 1.165) is 17.5 Å². The number of benzene rings is 1. The molecule has 0 spiro atoms. The number of nitrogens with zero attached hydrogens (tertiary/aromatic N) is 2. The van der Waals surface area contributed by atoms with Crippen molar-refractivity contribution in [3.8, 4) is 0 Å². The monoisotopic (exact) mass is 203 g/mol. The molecule has 0 fully saturated rings. The highest BCUT2D eigenvalue weighted by Crippen LogP contribution is 2.23. The van der Waals surface area contributed by atoms with Gasteiger partial charge in [0.15, 0.2) is 0 Å². The van der Waals surface area contributed by atoms with Crippen molar-refractivity contribution in [2.75, 3.05) is 0 Å². The summed E-state index contributed by atoms with van der Waals surface area (Å²) in [5, 5.41) is 7.60. The van der Waals surface area contributed by atoms with Crippen LogP contribution in [-0.4, -0.2) is 10.3 Å². The Labute approximate surface area is 89.4 Å². The van der Waals surface area contributed by atoms with Gasteiger partial charge in [-0.25, -0.2) is 4.63 Å². The molecule has 0 saturated heterocycles. The van der Waals surface area contributed by atoms with Gasteiger partial charge in [-0.1, -0.05) is 25.8 Å². The SMILES string of the molecule is [CH2]C(CCCC)c1ccc2nonc2c1. The maximum absolute atomic E-state index is 4.66. The maximum atomic E-state index is 4.66. The van der Waals surface area contributed by atoms with Crippen LogP contribution in [0.25, 0.3) is 11.0 Å². The summed E-state index contributed by atoms with van der Waals surface area (Å²) in [5.41, 5.74) is 2.84. The van der Waals surface area contributed by atoms with E-state index in [2.05, 4.69) is 34.9 Å². The molecule has 0 bridgehead atoms. The Kier molecular flexibility index (Phi) is 2.99. The number of rotatable bonds is 4. The lowest BCUT2D eigenvalue weighted by Gasteiger charge is -2.10. The third kappa shape index (κ3) is 2.17. The van der Waals surface area contributed by atoms with E-state index in [4.69, 9.17) is 0 Å². The van der Waals surface area contributed by atoms with Gasteiger partial charge in [0.2, 0.25) is 0 Å². The molecule has 0 saturated carbocycles. The van der Waals surface area contributed by atoms with Gasteiger partial charge >= 0.3 is 0 Å². The zero-order chi connectivity index (χ0) is 10.7. The predicted molar refractivity (Wildman–Crippen MR) is 59.4 cm³/mol. The average Bonchev–Trinajstić information content (AvgIpc) is 2.72. The van der Waals surface area contributed by atoms with Crippen LogP contribution in [0.4, 0.5) is 0 Å². The summed E-state index contributed by atoms with van der Waals surface area (Å²) in [4.78, 5) is 0. The number of unbranched alkanes of at least 4 members (excludes halogenated alkanes) is 1. The standard InChI is InChI=1S/C12H15N2O/c1-3-4-5-9(2)10-6-7-11-12(8-10)14-15-13-11/h6-9H,2-5H2,1H3. The van der Waals surface area contributed by atoms with E-state index in [-0.39, 0.29) is 0 Å². The quantitative estimate of drug-likeness (QED) is 0.765. The van der Waals surface area contributed by atoms with E-state index < -0.39 is 0 Å². The largest absolute Gasteiger partial charge is 0.243 e. The summed E-state index contributed by atoms with van der Waals surface area (Å²) < 4.78 is 4.66. The Balaban J connectivity index is 2.19. The molecule has 1 atom stereocenters. The average molecular weight is 203 g/mol. The molecule has 0 aliphatic heterocycles. The van der Waals surface area contributed by atoms with Crippen molar-refractivity contribution < 1.29 is 4.63 Å². The van der Waals surface area contributed by atoms with Crippen molar-refractivity contribution in [1.82, 2.24) is 10.3 Å². The van der Waals surface area contributed by atoms with Crippen LogP contribution in [-0.2, 0) is 0 Å². The summed E-state index contributed by atoms with van der Waals surface area (Å²) in [6, 6.07) is 6.00. The van der Waals surface area contributed by atoms with E-state index in [1.54, 1.807) is 0 Å². The summed E-state index contributed by atoms with van der Waals surface area (Å²) >= 11 is 0. The van der Waals surface area contributed by atoms with E-state index in [0.29, 0.717) is 5.92 Å². The Morgan fingerprint density at radius 3 is 2.93 bits per heavy atom. The van der Waals surface area contributed by atoms with E-state index in [9.17, 15) is 0 Å². The van der Waals surface area contributed by atoms with Crippen molar-refractivity contribution in [3.63, 3.8) is 0 Å². The van der Waals surface area contributed by atoms with Gasteiger partial charge < -0.3 is 0 Å². The lowest BCUT2D eigenvalue weighted by atomic mass is 9.95. The van der Waals surface area contributed by atoms with E-state index >= 15 is 0 Å². The summed E-state index contributed by atoms with van der Waals surface area (Å²) in [6.07, 6.45) is 3.54. The van der Waals surface area contributed by atoms with Crippen LogP contribution in [0.5, 0.6) is 0 Å². The molecule has 3 heteroatoms. The molecule has 1 aromatic carbocycles. The second-order valence-corrected chi connectivity index (χ2v) is 3.85. The van der Waals surface area contributed by atoms with Crippen LogP contribution >= 0.6 is 0 Å². The number of hydrogen-bond acceptors (Lipinski definition) is 3. The number of fused-ring (bicyclic) bond motifs is 1. The molecule has 0 aliphatic rings. The summed E-state index contributed by atoms with van der Waals surface area (Å²) in [6.45, 7) is 6.35. The Morgan fingerprint density at radius 1 is 1.33 bits per heavy atom. The van der Waals surface area contributed by atoms with Crippen LogP contribution in [0, 0.1) is 6.92 Å². The van der Waals surface area contributed by atoms with E-state index in [1.165, 1.54) is 18.4 Å². The molecule has 2 rings (SSSR count). The van der Waals surface area contributed by atoms with Crippen LogP contribution in [0.1, 0.15) is 37.7 Å². The molecule has 1 aromatic heterocycles. The first-order valence-corrected chi connectivity index (χ1v) is 5.36. The minimum absolute atomic E-state index is 0.339. The van der Waals surface area contributed by atoms with Crippen molar-refractivity contribution in [3.05, 3.63) is 30.7 Å². The molecule has 0 N–H and O–H groups in total. The first kappa shape index (κ1) is 10.1. The minimum atomic E-state index is 0.339. The normalized spacial score (nSPS) is 13.2. The molecule has 0 aliphatic carbocycles. The molecule has 1 heterocycles. The number of aromatic nitrogens is 2. The maximum Gasteiger partial charge on any atom is 0.135 e. The van der Waals surface area contributed by atoms with Crippen LogP contribution in [0.3, 0.4) is 0 Å². The molecular formula is C12H15N2O. The Hall–Kier alpha value is -1.38. The van der Waals surface area contributed by atoms with Crippen LogP contribution in [0.2, 0.25) is 0 Å². The fraction of sp³-hybridized carbons (Fsp3) is 0.417. The smallest absolute Gasteiger partial charge is 0.135 e. The van der Waals surface area contributed by atoms with Gasteiger partial charge in [0.25, 0.3) is 0 Å². The summed E-state index contributed by atoms with van der Waals surface area (Å²) in [7, 11) is 0. The molecule has 79 valence electrons.